The highest BCUT2D eigenvalue weighted by atomic mass is 16.4. The van der Waals surface area contributed by atoms with E-state index in [9.17, 15) is 9.59 Å². The first-order valence-corrected chi connectivity index (χ1v) is 6.93. The average molecular weight is 254 g/mol. The zero-order valence-corrected chi connectivity index (χ0v) is 10.7. The number of hydrogen-bond donors (Lipinski definition) is 2. The minimum atomic E-state index is -0.845. The number of carboxylic acid groups (broad SMARTS) is 1. The number of nitrogens with one attached hydrogen (secondary N) is 1. The van der Waals surface area contributed by atoms with Crippen molar-refractivity contribution in [1.82, 2.24) is 10.2 Å². The number of urea groups is 1. The first-order chi connectivity index (χ1) is 8.66. The Hall–Kier alpha value is -1.26. The van der Waals surface area contributed by atoms with Gasteiger partial charge in [-0.3, -0.25) is 4.79 Å². The topological polar surface area (TPSA) is 69.6 Å². The third-order valence-corrected chi connectivity index (χ3v) is 3.58. The maximum absolute atomic E-state index is 11.9. The first-order valence-electron chi connectivity index (χ1n) is 6.93. The van der Waals surface area contributed by atoms with E-state index in [1.807, 2.05) is 0 Å². The summed E-state index contributed by atoms with van der Waals surface area (Å²) in [7, 11) is 0. The van der Waals surface area contributed by atoms with Gasteiger partial charge in [0.15, 0.2) is 0 Å². The molecular formula is C13H22N2O3. The maximum Gasteiger partial charge on any atom is 0.317 e. The van der Waals surface area contributed by atoms with E-state index in [0.29, 0.717) is 13.1 Å². The van der Waals surface area contributed by atoms with Gasteiger partial charge in [0.2, 0.25) is 0 Å². The molecule has 0 aromatic rings. The van der Waals surface area contributed by atoms with Gasteiger partial charge in [-0.1, -0.05) is 12.8 Å². The van der Waals surface area contributed by atoms with Gasteiger partial charge >= 0.3 is 12.0 Å². The van der Waals surface area contributed by atoms with Gasteiger partial charge in [0.1, 0.15) is 0 Å². The molecule has 2 N–H and O–H groups in total. The molecule has 5 nitrogen and oxygen atoms in total. The van der Waals surface area contributed by atoms with Crippen molar-refractivity contribution >= 4 is 12.0 Å². The van der Waals surface area contributed by atoms with E-state index in [-0.39, 0.29) is 18.5 Å². The normalized spacial score (nSPS) is 18.4. The van der Waals surface area contributed by atoms with Gasteiger partial charge in [-0.25, -0.2) is 4.79 Å². The summed E-state index contributed by atoms with van der Waals surface area (Å²) in [5.74, 6) is 0.0515. The third kappa shape index (κ3) is 4.55. The molecule has 18 heavy (non-hydrogen) atoms. The second-order valence-corrected chi connectivity index (χ2v) is 5.39. The van der Waals surface area contributed by atoms with E-state index in [1.165, 1.54) is 19.3 Å². The zero-order chi connectivity index (χ0) is 13.0. The Morgan fingerprint density at radius 3 is 2.50 bits per heavy atom. The van der Waals surface area contributed by atoms with E-state index < -0.39 is 5.97 Å². The van der Waals surface area contributed by atoms with E-state index in [0.717, 1.165) is 25.2 Å². The summed E-state index contributed by atoms with van der Waals surface area (Å²) in [5, 5.41) is 11.6. The van der Waals surface area contributed by atoms with Crippen LogP contribution >= 0.6 is 0 Å². The van der Waals surface area contributed by atoms with Crippen LogP contribution in [-0.2, 0) is 4.79 Å². The largest absolute Gasteiger partial charge is 0.481 e. The maximum atomic E-state index is 11.9. The number of nitrogens with zero attached hydrogens (tertiary/aromatic N) is 1. The van der Waals surface area contributed by atoms with Crippen molar-refractivity contribution < 1.29 is 14.7 Å². The number of carbonyl (C=O) groups excluding carboxylic acids is 1. The highest BCUT2D eigenvalue weighted by molar-refractivity contribution is 5.76. The summed E-state index contributed by atoms with van der Waals surface area (Å²) in [6, 6.07) is 0.183. The molecule has 0 aliphatic heterocycles. The molecular weight excluding hydrogens is 232 g/mol. The van der Waals surface area contributed by atoms with Crippen LogP contribution in [0.15, 0.2) is 0 Å². The van der Waals surface area contributed by atoms with E-state index in [1.54, 1.807) is 4.90 Å². The second kappa shape index (κ2) is 6.07. The smallest absolute Gasteiger partial charge is 0.317 e. The van der Waals surface area contributed by atoms with Crippen LogP contribution < -0.4 is 5.32 Å². The quantitative estimate of drug-likeness (QED) is 0.649. The lowest BCUT2D eigenvalue weighted by Gasteiger charge is -2.22. The van der Waals surface area contributed by atoms with Crippen molar-refractivity contribution in [2.45, 2.75) is 51.0 Å². The van der Waals surface area contributed by atoms with Gasteiger partial charge < -0.3 is 15.3 Å². The van der Waals surface area contributed by atoms with Gasteiger partial charge in [-0.15, -0.1) is 0 Å². The van der Waals surface area contributed by atoms with Gasteiger partial charge in [0.05, 0.1) is 6.42 Å². The highest BCUT2D eigenvalue weighted by Crippen LogP contribution is 2.33. The second-order valence-electron chi connectivity index (χ2n) is 5.39. The Balaban J connectivity index is 1.64. The van der Waals surface area contributed by atoms with Crippen LogP contribution in [0.25, 0.3) is 0 Å². The Kier molecular flexibility index (Phi) is 4.44. The molecule has 0 spiro atoms. The van der Waals surface area contributed by atoms with Crippen molar-refractivity contribution in [1.29, 1.82) is 0 Å². The Morgan fingerprint density at radius 2 is 1.94 bits per heavy atom. The lowest BCUT2D eigenvalue weighted by atomic mass is 10.2. The summed E-state index contributed by atoms with van der Waals surface area (Å²) in [6.45, 7) is 1.04. The summed E-state index contributed by atoms with van der Waals surface area (Å²) in [6.07, 6.45) is 6.99. The minimum absolute atomic E-state index is 0.0337. The molecule has 0 bridgehead atoms. The third-order valence-electron chi connectivity index (χ3n) is 3.58. The summed E-state index contributed by atoms with van der Waals surface area (Å²) in [5.41, 5.74) is 0. The van der Waals surface area contributed by atoms with Crippen LogP contribution in [0.3, 0.4) is 0 Å². The standard InChI is InChI=1S/C13H22N2O3/c16-12(17)7-9-15(11-5-6-11)13(18)14-8-1-2-10-3-4-10/h10-11H,1-9H2,(H,14,18)(H,16,17). The molecule has 2 saturated carbocycles. The molecule has 2 amide bonds. The van der Waals surface area contributed by atoms with Crippen LogP contribution in [0.1, 0.15) is 44.9 Å². The molecule has 0 radical (unpaired) electrons. The van der Waals surface area contributed by atoms with Crippen LogP contribution in [0.5, 0.6) is 0 Å². The Labute approximate surface area is 108 Å². The Bertz CT molecular complexity index is 311. The summed E-state index contributed by atoms with van der Waals surface area (Å²) in [4.78, 5) is 24.2. The fourth-order valence-corrected chi connectivity index (χ4v) is 2.15. The number of carbonyl (C=O) groups is 2. The molecule has 0 unspecified atom stereocenters. The molecule has 102 valence electrons. The molecule has 2 fully saturated rings. The van der Waals surface area contributed by atoms with Crippen LogP contribution in [0.4, 0.5) is 4.79 Å². The van der Waals surface area contributed by atoms with Crippen molar-refractivity contribution in [3.63, 3.8) is 0 Å². The van der Waals surface area contributed by atoms with Gasteiger partial charge in [0.25, 0.3) is 0 Å². The SMILES string of the molecule is O=C(O)CCN(C(=O)NCCCC1CC1)C1CC1. The molecule has 2 aliphatic rings. The van der Waals surface area contributed by atoms with Gasteiger partial charge in [-0.2, -0.15) is 0 Å². The zero-order valence-electron chi connectivity index (χ0n) is 10.7. The molecule has 5 heteroatoms. The number of hydrogen-bond acceptors (Lipinski definition) is 2. The molecule has 0 aromatic heterocycles. The minimum Gasteiger partial charge on any atom is -0.481 e. The van der Waals surface area contributed by atoms with Crippen molar-refractivity contribution in [2.24, 2.45) is 5.92 Å². The van der Waals surface area contributed by atoms with Crippen LogP contribution in [-0.4, -0.2) is 41.1 Å². The lowest BCUT2D eigenvalue weighted by molar-refractivity contribution is -0.137. The molecule has 0 heterocycles. The Morgan fingerprint density at radius 1 is 1.22 bits per heavy atom. The first kappa shape index (κ1) is 13.2. The molecule has 2 rings (SSSR count). The number of amides is 2. The van der Waals surface area contributed by atoms with Crippen LogP contribution in [0, 0.1) is 5.92 Å². The number of aliphatic carboxylic acids is 1. The van der Waals surface area contributed by atoms with E-state index in [2.05, 4.69) is 5.32 Å². The monoisotopic (exact) mass is 254 g/mol. The van der Waals surface area contributed by atoms with E-state index >= 15 is 0 Å². The predicted molar refractivity (Wildman–Crippen MR) is 67.3 cm³/mol. The molecule has 0 aromatic carbocycles. The average Bonchev–Trinajstić information content (AvgIpc) is 3.16. The lowest BCUT2D eigenvalue weighted by Crippen LogP contribution is -2.42. The van der Waals surface area contributed by atoms with Crippen molar-refractivity contribution in [2.75, 3.05) is 13.1 Å². The van der Waals surface area contributed by atoms with Gasteiger partial charge in [0, 0.05) is 19.1 Å². The fourth-order valence-electron chi connectivity index (χ4n) is 2.15. The number of carboxylic acids is 1. The van der Waals surface area contributed by atoms with Crippen molar-refractivity contribution in [3.8, 4) is 0 Å². The van der Waals surface area contributed by atoms with Gasteiger partial charge in [-0.05, 0) is 31.6 Å². The van der Waals surface area contributed by atoms with Crippen LogP contribution in [0.2, 0.25) is 0 Å². The van der Waals surface area contributed by atoms with Crippen molar-refractivity contribution in [3.05, 3.63) is 0 Å². The number of rotatable bonds is 8. The predicted octanol–water partition coefficient (Wildman–Crippen LogP) is 1.83. The fraction of sp³-hybridized carbons (Fsp3) is 0.846. The molecule has 2 aliphatic carbocycles. The highest BCUT2D eigenvalue weighted by Gasteiger charge is 2.32. The molecule has 0 saturated heterocycles. The molecule has 0 atom stereocenters. The summed E-state index contributed by atoms with van der Waals surface area (Å²) >= 11 is 0. The summed E-state index contributed by atoms with van der Waals surface area (Å²) < 4.78 is 0. The van der Waals surface area contributed by atoms with E-state index in [4.69, 9.17) is 5.11 Å².